The number of carbonyl (C=O) groups excluding carboxylic acids is 1. The van der Waals surface area contributed by atoms with Crippen LogP contribution in [0.4, 0.5) is 0 Å². The lowest BCUT2D eigenvalue weighted by Gasteiger charge is -2.18. The number of aliphatic carboxylic acids is 1. The first-order valence-corrected chi connectivity index (χ1v) is 6.77. The SMILES string of the molecule is CN(CCC(=O)O)C(=O)c1ccccc1OCC1CC1. The zero-order valence-corrected chi connectivity index (χ0v) is 11.5. The van der Waals surface area contributed by atoms with Crippen LogP contribution in [0.3, 0.4) is 0 Å². The highest BCUT2D eigenvalue weighted by molar-refractivity contribution is 5.96. The summed E-state index contributed by atoms with van der Waals surface area (Å²) in [5.41, 5.74) is 0.487. The first-order valence-electron chi connectivity index (χ1n) is 6.77. The largest absolute Gasteiger partial charge is 0.492 e. The van der Waals surface area contributed by atoms with Gasteiger partial charge in [0, 0.05) is 13.6 Å². The normalized spacial score (nSPS) is 13.8. The second-order valence-corrected chi connectivity index (χ2v) is 5.12. The zero-order chi connectivity index (χ0) is 14.5. The molecule has 1 aromatic carbocycles. The van der Waals surface area contributed by atoms with Gasteiger partial charge in [-0.2, -0.15) is 0 Å². The number of carboxylic acid groups (broad SMARTS) is 1. The molecule has 1 saturated carbocycles. The predicted molar refractivity (Wildman–Crippen MR) is 73.9 cm³/mol. The van der Waals surface area contributed by atoms with Crippen molar-refractivity contribution in [1.29, 1.82) is 0 Å². The summed E-state index contributed by atoms with van der Waals surface area (Å²) in [7, 11) is 1.60. The van der Waals surface area contributed by atoms with Crippen LogP contribution in [-0.4, -0.2) is 42.1 Å². The van der Waals surface area contributed by atoms with Gasteiger partial charge in [0.25, 0.3) is 5.91 Å². The van der Waals surface area contributed by atoms with Crippen molar-refractivity contribution in [3.8, 4) is 5.75 Å². The Morgan fingerprint density at radius 2 is 2.05 bits per heavy atom. The summed E-state index contributed by atoms with van der Waals surface area (Å²) in [5, 5.41) is 8.66. The number of ether oxygens (including phenoxy) is 1. The highest BCUT2D eigenvalue weighted by Crippen LogP contribution is 2.30. The van der Waals surface area contributed by atoms with Crippen LogP contribution in [0.25, 0.3) is 0 Å². The van der Waals surface area contributed by atoms with Crippen molar-refractivity contribution in [1.82, 2.24) is 4.90 Å². The Labute approximate surface area is 118 Å². The molecule has 1 aliphatic rings. The lowest BCUT2D eigenvalue weighted by molar-refractivity contribution is -0.137. The highest BCUT2D eigenvalue weighted by Gasteiger charge is 2.23. The first-order chi connectivity index (χ1) is 9.58. The topological polar surface area (TPSA) is 66.8 Å². The summed E-state index contributed by atoms with van der Waals surface area (Å²) < 4.78 is 5.69. The van der Waals surface area contributed by atoms with Crippen LogP contribution >= 0.6 is 0 Å². The van der Waals surface area contributed by atoms with E-state index in [2.05, 4.69) is 0 Å². The molecular formula is C15H19NO4. The van der Waals surface area contributed by atoms with Gasteiger partial charge in [0.2, 0.25) is 0 Å². The molecule has 0 saturated heterocycles. The smallest absolute Gasteiger partial charge is 0.305 e. The predicted octanol–water partition coefficient (Wildman–Crippen LogP) is 2.02. The van der Waals surface area contributed by atoms with Gasteiger partial charge in [0.15, 0.2) is 0 Å². The van der Waals surface area contributed by atoms with E-state index in [9.17, 15) is 9.59 Å². The fraction of sp³-hybridized carbons (Fsp3) is 0.467. The number of benzene rings is 1. The molecule has 1 aromatic rings. The molecule has 1 amide bonds. The van der Waals surface area contributed by atoms with E-state index in [1.807, 2.05) is 6.07 Å². The molecule has 0 unspecified atom stereocenters. The molecule has 5 nitrogen and oxygen atoms in total. The number of amides is 1. The third kappa shape index (κ3) is 3.98. The van der Waals surface area contributed by atoms with E-state index in [0.29, 0.717) is 23.8 Å². The minimum absolute atomic E-state index is 0.0622. The monoisotopic (exact) mass is 277 g/mol. The Hall–Kier alpha value is -2.04. The second kappa shape index (κ2) is 6.41. The summed E-state index contributed by atoms with van der Waals surface area (Å²) >= 11 is 0. The average molecular weight is 277 g/mol. The van der Waals surface area contributed by atoms with Crippen LogP contribution in [0, 0.1) is 5.92 Å². The van der Waals surface area contributed by atoms with Gasteiger partial charge in [-0.25, -0.2) is 0 Å². The van der Waals surface area contributed by atoms with Gasteiger partial charge in [-0.15, -0.1) is 0 Å². The van der Waals surface area contributed by atoms with Crippen LogP contribution in [-0.2, 0) is 4.79 Å². The molecule has 0 spiro atoms. The zero-order valence-electron chi connectivity index (χ0n) is 11.5. The van der Waals surface area contributed by atoms with Crippen molar-refractivity contribution in [2.24, 2.45) is 5.92 Å². The summed E-state index contributed by atoms with van der Waals surface area (Å²) in [5.74, 6) is 0.0649. The molecule has 1 N–H and O–H groups in total. The van der Waals surface area contributed by atoms with Gasteiger partial charge >= 0.3 is 5.97 Å². The summed E-state index contributed by atoms with van der Waals surface area (Å²) in [6.45, 7) is 0.828. The minimum atomic E-state index is -0.914. The lowest BCUT2D eigenvalue weighted by Crippen LogP contribution is -2.29. The molecule has 0 atom stereocenters. The molecule has 0 heterocycles. The van der Waals surface area contributed by atoms with Crippen LogP contribution in [0.1, 0.15) is 29.6 Å². The van der Waals surface area contributed by atoms with E-state index in [0.717, 1.165) is 0 Å². The number of hydrogen-bond acceptors (Lipinski definition) is 3. The maximum absolute atomic E-state index is 12.3. The van der Waals surface area contributed by atoms with E-state index in [4.69, 9.17) is 9.84 Å². The van der Waals surface area contributed by atoms with Gasteiger partial charge in [-0.05, 0) is 30.9 Å². The van der Waals surface area contributed by atoms with E-state index < -0.39 is 5.97 Å². The summed E-state index contributed by atoms with van der Waals surface area (Å²) in [6, 6.07) is 7.10. The maximum atomic E-state index is 12.3. The van der Waals surface area contributed by atoms with Crippen molar-refractivity contribution >= 4 is 11.9 Å². The van der Waals surface area contributed by atoms with Crippen LogP contribution in [0.5, 0.6) is 5.75 Å². The molecule has 0 aliphatic heterocycles. The molecule has 1 aliphatic carbocycles. The summed E-state index contributed by atoms with van der Waals surface area (Å²) in [6.07, 6.45) is 2.32. The van der Waals surface area contributed by atoms with Crippen LogP contribution in [0.2, 0.25) is 0 Å². The Balaban J connectivity index is 2.01. The molecule has 5 heteroatoms. The molecule has 0 radical (unpaired) electrons. The van der Waals surface area contributed by atoms with E-state index in [1.54, 1.807) is 25.2 Å². The minimum Gasteiger partial charge on any atom is -0.492 e. The van der Waals surface area contributed by atoms with E-state index in [1.165, 1.54) is 17.7 Å². The quantitative estimate of drug-likeness (QED) is 0.828. The molecule has 108 valence electrons. The van der Waals surface area contributed by atoms with E-state index >= 15 is 0 Å². The molecule has 0 aromatic heterocycles. The third-order valence-corrected chi connectivity index (χ3v) is 3.30. The Morgan fingerprint density at radius 1 is 1.35 bits per heavy atom. The average Bonchev–Trinajstić information content (AvgIpc) is 3.26. The Morgan fingerprint density at radius 3 is 2.70 bits per heavy atom. The van der Waals surface area contributed by atoms with Crippen molar-refractivity contribution in [3.63, 3.8) is 0 Å². The number of hydrogen-bond donors (Lipinski definition) is 1. The maximum Gasteiger partial charge on any atom is 0.305 e. The van der Waals surface area contributed by atoms with Crippen LogP contribution in [0.15, 0.2) is 24.3 Å². The number of carbonyl (C=O) groups is 2. The van der Waals surface area contributed by atoms with Gasteiger partial charge < -0.3 is 14.7 Å². The second-order valence-electron chi connectivity index (χ2n) is 5.12. The van der Waals surface area contributed by atoms with Gasteiger partial charge in [0.05, 0.1) is 18.6 Å². The molecule has 20 heavy (non-hydrogen) atoms. The summed E-state index contributed by atoms with van der Waals surface area (Å²) in [4.78, 5) is 24.3. The number of carboxylic acids is 1. The van der Waals surface area contributed by atoms with Crippen molar-refractivity contribution in [2.75, 3.05) is 20.2 Å². The number of rotatable bonds is 7. The van der Waals surface area contributed by atoms with Crippen molar-refractivity contribution in [2.45, 2.75) is 19.3 Å². The van der Waals surface area contributed by atoms with Gasteiger partial charge in [-0.1, -0.05) is 12.1 Å². The van der Waals surface area contributed by atoms with Gasteiger partial charge in [-0.3, -0.25) is 9.59 Å². The Kier molecular flexibility index (Phi) is 4.61. The molecular weight excluding hydrogens is 258 g/mol. The standard InChI is InChI=1S/C15H19NO4/c1-16(9-8-14(17)18)15(19)12-4-2-3-5-13(12)20-10-11-6-7-11/h2-5,11H,6-10H2,1H3,(H,17,18). The molecule has 1 fully saturated rings. The third-order valence-electron chi connectivity index (χ3n) is 3.30. The highest BCUT2D eigenvalue weighted by atomic mass is 16.5. The fourth-order valence-corrected chi connectivity index (χ4v) is 1.83. The van der Waals surface area contributed by atoms with Crippen molar-refractivity contribution in [3.05, 3.63) is 29.8 Å². The van der Waals surface area contributed by atoms with Crippen molar-refractivity contribution < 1.29 is 19.4 Å². The Bertz CT molecular complexity index is 496. The van der Waals surface area contributed by atoms with Gasteiger partial charge in [0.1, 0.15) is 5.75 Å². The molecule has 2 rings (SSSR count). The first kappa shape index (κ1) is 14.4. The fourth-order valence-electron chi connectivity index (χ4n) is 1.83. The molecule has 0 bridgehead atoms. The van der Waals surface area contributed by atoms with Crippen LogP contribution < -0.4 is 4.74 Å². The number of para-hydroxylation sites is 1. The number of nitrogens with zero attached hydrogens (tertiary/aromatic N) is 1. The lowest BCUT2D eigenvalue weighted by atomic mass is 10.1. The van der Waals surface area contributed by atoms with E-state index in [-0.39, 0.29) is 18.9 Å².